The van der Waals surface area contributed by atoms with Crippen LogP contribution in [0.15, 0.2) is 30.3 Å². The van der Waals surface area contributed by atoms with E-state index in [1.807, 2.05) is 0 Å². The minimum Gasteiger partial charge on any atom is -0.478 e. The molecular weight excluding hydrogens is 166 g/mol. The largest absolute Gasteiger partial charge is 0.478 e. The van der Waals surface area contributed by atoms with Gasteiger partial charge < -0.3 is 10.8 Å². The van der Waals surface area contributed by atoms with Gasteiger partial charge in [0.2, 0.25) is 0 Å². The lowest BCUT2D eigenvalue weighted by Gasteiger charge is -1.98. The normalized spacial score (nSPS) is 10.5. The van der Waals surface area contributed by atoms with Crippen molar-refractivity contribution in [2.45, 2.75) is 0 Å². The third-order valence-electron chi connectivity index (χ3n) is 1.62. The van der Waals surface area contributed by atoms with Crippen LogP contribution in [0.3, 0.4) is 0 Å². The summed E-state index contributed by atoms with van der Waals surface area (Å²) in [5.74, 6) is -0.919. The molecule has 0 unspecified atom stereocenters. The Bertz CT molecular complexity index is 331. The molecule has 0 saturated carbocycles. The van der Waals surface area contributed by atoms with Crippen molar-refractivity contribution < 1.29 is 9.90 Å². The van der Waals surface area contributed by atoms with Crippen molar-refractivity contribution in [3.63, 3.8) is 0 Å². The van der Waals surface area contributed by atoms with Crippen LogP contribution in [-0.4, -0.2) is 17.6 Å². The molecule has 0 bridgehead atoms. The van der Waals surface area contributed by atoms with Gasteiger partial charge in [-0.25, -0.2) is 4.79 Å². The molecule has 13 heavy (non-hydrogen) atoms. The van der Waals surface area contributed by atoms with E-state index >= 15 is 0 Å². The second-order valence-corrected chi connectivity index (χ2v) is 2.53. The highest BCUT2D eigenvalue weighted by Crippen LogP contribution is 2.10. The van der Waals surface area contributed by atoms with Crippen molar-refractivity contribution in [3.8, 4) is 0 Å². The second-order valence-electron chi connectivity index (χ2n) is 2.53. The number of carbonyl (C=O) groups is 1. The summed E-state index contributed by atoms with van der Waals surface area (Å²) in [6, 6.07) is 6.81. The van der Waals surface area contributed by atoms with Crippen molar-refractivity contribution >= 4 is 12.0 Å². The molecular formula is C10H11NO2. The molecule has 68 valence electrons. The van der Waals surface area contributed by atoms with Gasteiger partial charge in [-0.2, -0.15) is 0 Å². The van der Waals surface area contributed by atoms with Crippen LogP contribution in [0.4, 0.5) is 0 Å². The maximum atomic E-state index is 10.7. The number of hydrogen-bond donors (Lipinski definition) is 2. The summed E-state index contributed by atoms with van der Waals surface area (Å²) in [6.45, 7) is 0.411. The zero-order chi connectivity index (χ0) is 9.68. The highest BCUT2D eigenvalue weighted by molar-refractivity contribution is 5.92. The van der Waals surface area contributed by atoms with Gasteiger partial charge in [0.05, 0.1) is 5.56 Å². The molecule has 1 aromatic rings. The molecule has 0 radical (unpaired) electrons. The molecule has 0 amide bonds. The number of nitrogens with two attached hydrogens (primary N) is 1. The lowest BCUT2D eigenvalue weighted by molar-refractivity contribution is 0.0696. The zero-order valence-corrected chi connectivity index (χ0v) is 7.10. The minimum absolute atomic E-state index is 0.298. The predicted octanol–water partition coefficient (Wildman–Crippen LogP) is 1.36. The number of hydrogen-bond acceptors (Lipinski definition) is 2. The number of rotatable bonds is 3. The van der Waals surface area contributed by atoms with Crippen LogP contribution in [0, 0.1) is 0 Å². The van der Waals surface area contributed by atoms with E-state index in [0.29, 0.717) is 17.7 Å². The molecule has 0 heterocycles. The summed E-state index contributed by atoms with van der Waals surface area (Å²) < 4.78 is 0. The van der Waals surface area contributed by atoms with E-state index in [-0.39, 0.29) is 0 Å². The molecule has 0 spiro atoms. The molecule has 1 rings (SSSR count). The van der Waals surface area contributed by atoms with Gasteiger partial charge in [-0.15, -0.1) is 0 Å². The SMILES string of the molecule is NCC=Cc1ccccc1C(=O)O. The Labute approximate surface area is 76.5 Å². The number of carboxylic acid groups (broad SMARTS) is 1. The van der Waals surface area contributed by atoms with Crippen LogP contribution >= 0.6 is 0 Å². The van der Waals surface area contributed by atoms with E-state index in [1.165, 1.54) is 0 Å². The smallest absolute Gasteiger partial charge is 0.336 e. The van der Waals surface area contributed by atoms with Gasteiger partial charge in [0.1, 0.15) is 0 Å². The van der Waals surface area contributed by atoms with E-state index in [0.717, 1.165) is 0 Å². The van der Waals surface area contributed by atoms with Crippen LogP contribution in [0.25, 0.3) is 6.08 Å². The van der Waals surface area contributed by atoms with E-state index in [2.05, 4.69) is 0 Å². The molecule has 0 aliphatic rings. The molecule has 3 nitrogen and oxygen atoms in total. The summed E-state index contributed by atoms with van der Waals surface area (Å²) in [5.41, 5.74) is 6.25. The molecule has 3 heteroatoms. The maximum absolute atomic E-state index is 10.7. The maximum Gasteiger partial charge on any atom is 0.336 e. The fraction of sp³-hybridized carbons (Fsp3) is 0.100. The van der Waals surface area contributed by atoms with Crippen LogP contribution in [0.2, 0.25) is 0 Å². The van der Waals surface area contributed by atoms with E-state index < -0.39 is 5.97 Å². The van der Waals surface area contributed by atoms with Gasteiger partial charge in [0, 0.05) is 6.54 Å². The Morgan fingerprint density at radius 1 is 1.46 bits per heavy atom. The van der Waals surface area contributed by atoms with Crippen molar-refractivity contribution in [2.75, 3.05) is 6.54 Å². The third kappa shape index (κ3) is 2.42. The summed E-state index contributed by atoms with van der Waals surface area (Å²) >= 11 is 0. The van der Waals surface area contributed by atoms with Crippen LogP contribution < -0.4 is 5.73 Å². The van der Waals surface area contributed by atoms with Crippen LogP contribution in [0.5, 0.6) is 0 Å². The van der Waals surface area contributed by atoms with Crippen molar-refractivity contribution in [3.05, 3.63) is 41.5 Å². The Morgan fingerprint density at radius 3 is 2.77 bits per heavy atom. The third-order valence-corrected chi connectivity index (χ3v) is 1.62. The minimum atomic E-state index is -0.919. The average Bonchev–Trinajstić information content (AvgIpc) is 2.15. The van der Waals surface area contributed by atoms with Crippen molar-refractivity contribution in [1.82, 2.24) is 0 Å². The fourth-order valence-electron chi connectivity index (χ4n) is 1.03. The number of aromatic carboxylic acids is 1. The molecule has 0 aromatic heterocycles. The molecule has 0 aliphatic heterocycles. The molecule has 1 aromatic carbocycles. The summed E-state index contributed by atoms with van der Waals surface area (Å²) in [7, 11) is 0. The van der Waals surface area contributed by atoms with Gasteiger partial charge >= 0.3 is 5.97 Å². The first-order valence-electron chi connectivity index (χ1n) is 3.94. The molecule has 0 saturated heterocycles. The van der Waals surface area contributed by atoms with Crippen LogP contribution in [0.1, 0.15) is 15.9 Å². The monoisotopic (exact) mass is 177 g/mol. The second kappa shape index (κ2) is 4.42. The van der Waals surface area contributed by atoms with Crippen LogP contribution in [-0.2, 0) is 0 Å². The molecule has 3 N–H and O–H groups in total. The summed E-state index contributed by atoms with van der Waals surface area (Å²) in [4.78, 5) is 10.7. The fourth-order valence-corrected chi connectivity index (χ4v) is 1.03. The Kier molecular flexibility index (Phi) is 3.23. The van der Waals surface area contributed by atoms with Crippen molar-refractivity contribution in [2.24, 2.45) is 5.73 Å². The van der Waals surface area contributed by atoms with Gasteiger partial charge in [-0.05, 0) is 11.6 Å². The predicted molar refractivity (Wildman–Crippen MR) is 51.5 cm³/mol. The zero-order valence-electron chi connectivity index (χ0n) is 7.10. The summed E-state index contributed by atoms with van der Waals surface area (Å²) in [5, 5.41) is 8.80. The molecule has 0 fully saturated rings. The quantitative estimate of drug-likeness (QED) is 0.732. The van der Waals surface area contributed by atoms with Gasteiger partial charge in [-0.3, -0.25) is 0 Å². The molecule has 0 atom stereocenters. The topological polar surface area (TPSA) is 63.3 Å². The Hall–Kier alpha value is -1.61. The first kappa shape index (κ1) is 9.48. The van der Waals surface area contributed by atoms with Crippen molar-refractivity contribution in [1.29, 1.82) is 0 Å². The Morgan fingerprint density at radius 2 is 2.15 bits per heavy atom. The first-order valence-corrected chi connectivity index (χ1v) is 3.94. The summed E-state index contributed by atoms with van der Waals surface area (Å²) in [6.07, 6.45) is 3.44. The van der Waals surface area contributed by atoms with E-state index in [4.69, 9.17) is 10.8 Å². The number of carboxylic acids is 1. The standard InChI is InChI=1S/C10H11NO2/c11-7-3-5-8-4-1-2-6-9(8)10(12)13/h1-6H,7,11H2,(H,12,13). The van der Waals surface area contributed by atoms with E-state index in [1.54, 1.807) is 36.4 Å². The van der Waals surface area contributed by atoms with Gasteiger partial charge in [0.15, 0.2) is 0 Å². The van der Waals surface area contributed by atoms with Gasteiger partial charge in [-0.1, -0.05) is 30.4 Å². The highest BCUT2D eigenvalue weighted by atomic mass is 16.4. The highest BCUT2D eigenvalue weighted by Gasteiger charge is 2.05. The number of benzene rings is 1. The van der Waals surface area contributed by atoms with E-state index in [9.17, 15) is 4.79 Å². The van der Waals surface area contributed by atoms with Gasteiger partial charge in [0.25, 0.3) is 0 Å². The molecule has 0 aliphatic carbocycles. The average molecular weight is 177 g/mol. The lowest BCUT2D eigenvalue weighted by atomic mass is 10.1. The lowest BCUT2D eigenvalue weighted by Crippen LogP contribution is -1.99. The first-order chi connectivity index (χ1) is 6.25. The Balaban J connectivity index is 3.05.